The Labute approximate surface area is 88.8 Å². The first-order chi connectivity index (χ1) is 7.22. The molecule has 0 amide bonds. The Morgan fingerprint density at radius 1 is 1.27 bits per heavy atom. The summed E-state index contributed by atoms with van der Waals surface area (Å²) in [5.41, 5.74) is 0. The Balaban J connectivity index is 2.14. The van der Waals surface area contributed by atoms with Crippen LogP contribution in [0.15, 0.2) is 6.07 Å². The number of hydrogen-bond donors (Lipinski definition) is 1. The van der Waals surface area contributed by atoms with Crippen molar-refractivity contribution in [3.63, 3.8) is 0 Å². The highest BCUT2D eigenvalue weighted by Crippen LogP contribution is 2.32. The topological polar surface area (TPSA) is 56.3 Å². The lowest BCUT2D eigenvalue weighted by molar-refractivity contribution is 0.372. The van der Waals surface area contributed by atoms with Gasteiger partial charge in [-0.3, -0.25) is 0 Å². The molecule has 1 aromatic rings. The maximum atomic E-state index is 5.06. The van der Waals surface area contributed by atoms with Gasteiger partial charge >= 0.3 is 0 Å². The van der Waals surface area contributed by atoms with E-state index in [0.29, 0.717) is 29.7 Å². The fourth-order valence-electron chi connectivity index (χ4n) is 1.37. The summed E-state index contributed by atoms with van der Waals surface area (Å²) in [6, 6.07) is 2.14. The summed E-state index contributed by atoms with van der Waals surface area (Å²) in [5, 5.41) is 3.23. The molecule has 2 atom stereocenters. The average Bonchev–Trinajstić information content (AvgIpc) is 2.93. The van der Waals surface area contributed by atoms with E-state index in [0.717, 1.165) is 0 Å². The molecule has 5 nitrogen and oxygen atoms in total. The van der Waals surface area contributed by atoms with E-state index in [4.69, 9.17) is 9.47 Å². The number of aromatic nitrogens is 2. The number of methoxy groups -OCH3 is 2. The molecule has 1 aromatic heterocycles. The summed E-state index contributed by atoms with van der Waals surface area (Å²) in [4.78, 5) is 8.38. The van der Waals surface area contributed by atoms with Gasteiger partial charge in [0.25, 0.3) is 0 Å². The van der Waals surface area contributed by atoms with E-state index < -0.39 is 0 Å². The maximum absolute atomic E-state index is 5.06. The zero-order chi connectivity index (χ0) is 10.8. The van der Waals surface area contributed by atoms with E-state index in [1.54, 1.807) is 20.3 Å². The highest BCUT2D eigenvalue weighted by molar-refractivity contribution is 5.36. The maximum Gasteiger partial charge on any atom is 0.229 e. The molecule has 82 valence electrons. The average molecular weight is 209 g/mol. The molecule has 1 aliphatic carbocycles. The van der Waals surface area contributed by atoms with Crippen LogP contribution in [0.1, 0.15) is 13.3 Å². The molecular formula is C10H15N3O2. The Hall–Kier alpha value is -1.52. The van der Waals surface area contributed by atoms with Crippen LogP contribution < -0.4 is 14.8 Å². The largest absolute Gasteiger partial charge is 0.481 e. The van der Waals surface area contributed by atoms with Crippen LogP contribution in [0.2, 0.25) is 0 Å². The van der Waals surface area contributed by atoms with Gasteiger partial charge in [-0.15, -0.1) is 0 Å². The number of rotatable bonds is 4. The van der Waals surface area contributed by atoms with Crippen molar-refractivity contribution in [3.05, 3.63) is 6.07 Å². The lowest BCUT2D eigenvalue weighted by Gasteiger charge is -2.07. The number of ether oxygens (including phenoxy) is 2. The quantitative estimate of drug-likeness (QED) is 0.810. The van der Waals surface area contributed by atoms with E-state index in [2.05, 4.69) is 22.2 Å². The van der Waals surface area contributed by atoms with Crippen LogP contribution in [0.3, 0.4) is 0 Å². The Morgan fingerprint density at radius 2 is 1.80 bits per heavy atom. The van der Waals surface area contributed by atoms with Gasteiger partial charge in [0.05, 0.1) is 20.3 Å². The molecule has 2 rings (SSSR count). The van der Waals surface area contributed by atoms with Gasteiger partial charge in [-0.25, -0.2) is 0 Å². The number of nitrogens with one attached hydrogen (secondary N) is 1. The van der Waals surface area contributed by atoms with Crippen molar-refractivity contribution in [1.29, 1.82) is 0 Å². The van der Waals surface area contributed by atoms with Crippen LogP contribution in [-0.4, -0.2) is 30.2 Å². The SMILES string of the molecule is COc1cc(OC)nc(NC2CC2C)n1. The molecule has 0 spiro atoms. The Bertz CT molecular complexity index is 334. The molecule has 0 bridgehead atoms. The van der Waals surface area contributed by atoms with Gasteiger partial charge in [0.15, 0.2) is 0 Å². The second-order valence-electron chi connectivity index (χ2n) is 3.74. The van der Waals surface area contributed by atoms with Crippen LogP contribution in [0.25, 0.3) is 0 Å². The second-order valence-corrected chi connectivity index (χ2v) is 3.74. The van der Waals surface area contributed by atoms with Crippen molar-refractivity contribution in [2.24, 2.45) is 5.92 Å². The van der Waals surface area contributed by atoms with Gasteiger partial charge in [0.1, 0.15) is 0 Å². The lowest BCUT2D eigenvalue weighted by Crippen LogP contribution is -2.08. The molecule has 2 unspecified atom stereocenters. The van der Waals surface area contributed by atoms with E-state index in [1.807, 2.05) is 0 Å². The summed E-state index contributed by atoms with van der Waals surface area (Å²) < 4.78 is 10.1. The molecule has 1 fully saturated rings. The first-order valence-electron chi connectivity index (χ1n) is 4.96. The molecule has 0 aliphatic heterocycles. The highest BCUT2D eigenvalue weighted by Gasteiger charge is 2.33. The van der Waals surface area contributed by atoms with Crippen LogP contribution in [0, 0.1) is 5.92 Å². The summed E-state index contributed by atoms with van der Waals surface area (Å²) in [6.45, 7) is 2.19. The van der Waals surface area contributed by atoms with Crippen molar-refractivity contribution in [2.75, 3.05) is 19.5 Å². The van der Waals surface area contributed by atoms with E-state index in [-0.39, 0.29) is 0 Å². The monoisotopic (exact) mass is 209 g/mol. The van der Waals surface area contributed by atoms with E-state index in [1.165, 1.54) is 6.42 Å². The fraction of sp³-hybridized carbons (Fsp3) is 0.600. The third kappa shape index (κ3) is 2.29. The molecule has 1 N–H and O–H groups in total. The van der Waals surface area contributed by atoms with Gasteiger partial charge in [0.2, 0.25) is 17.7 Å². The minimum absolute atomic E-state index is 0.488. The Morgan fingerprint density at radius 3 is 2.20 bits per heavy atom. The Kier molecular flexibility index (Phi) is 2.62. The predicted molar refractivity (Wildman–Crippen MR) is 56.3 cm³/mol. The lowest BCUT2D eigenvalue weighted by atomic mass is 10.5. The summed E-state index contributed by atoms with van der Waals surface area (Å²) in [7, 11) is 3.15. The highest BCUT2D eigenvalue weighted by atomic mass is 16.5. The predicted octanol–water partition coefficient (Wildman–Crippen LogP) is 1.31. The van der Waals surface area contributed by atoms with Crippen LogP contribution in [0.4, 0.5) is 5.95 Å². The van der Waals surface area contributed by atoms with E-state index in [9.17, 15) is 0 Å². The third-order valence-corrected chi connectivity index (χ3v) is 2.52. The van der Waals surface area contributed by atoms with Crippen molar-refractivity contribution < 1.29 is 9.47 Å². The first kappa shape index (κ1) is 10.0. The van der Waals surface area contributed by atoms with Gasteiger partial charge < -0.3 is 14.8 Å². The normalized spacial score (nSPS) is 23.4. The van der Waals surface area contributed by atoms with Crippen LogP contribution in [-0.2, 0) is 0 Å². The fourth-order valence-corrected chi connectivity index (χ4v) is 1.37. The van der Waals surface area contributed by atoms with Crippen molar-refractivity contribution in [3.8, 4) is 11.8 Å². The van der Waals surface area contributed by atoms with Crippen molar-refractivity contribution in [1.82, 2.24) is 9.97 Å². The smallest absolute Gasteiger partial charge is 0.229 e. The number of nitrogens with zero attached hydrogens (tertiary/aromatic N) is 2. The molecular weight excluding hydrogens is 194 g/mol. The summed E-state index contributed by atoms with van der Waals surface area (Å²) in [6.07, 6.45) is 1.17. The molecule has 1 aliphatic rings. The standard InChI is InChI=1S/C10H15N3O2/c1-6-4-7(6)11-10-12-8(14-2)5-9(13-10)15-3/h5-7H,4H2,1-3H3,(H,11,12,13). The number of hydrogen-bond acceptors (Lipinski definition) is 5. The minimum atomic E-state index is 0.488. The molecule has 1 saturated carbocycles. The van der Waals surface area contributed by atoms with E-state index >= 15 is 0 Å². The van der Waals surface area contributed by atoms with Crippen LogP contribution >= 0.6 is 0 Å². The van der Waals surface area contributed by atoms with Gasteiger partial charge in [-0.1, -0.05) is 6.92 Å². The molecule has 1 heterocycles. The molecule has 0 aromatic carbocycles. The zero-order valence-corrected chi connectivity index (χ0v) is 9.15. The zero-order valence-electron chi connectivity index (χ0n) is 9.15. The third-order valence-electron chi connectivity index (χ3n) is 2.52. The summed E-state index contributed by atoms with van der Waals surface area (Å²) in [5.74, 6) is 2.29. The number of anilines is 1. The minimum Gasteiger partial charge on any atom is -0.481 e. The molecule has 5 heteroatoms. The molecule has 0 radical (unpaired) electrons. The summed E-state index contributed by atoms with van der Waals surface area (Å²) >= 11 is 0. The second kappa shape index (κ2) is 3.92. The molecule has 15 heavy (non-hydrogen) atoms. The van der Waals surface area contributed by atoms with Gasteiger partial charge in [0, 0.05) is 6.04 Å². The van der Waals surface area contributed by atoms with Crippen molar-refractivity contribution >= 4 is 5.95 Å². The first-order valence-corrected chi connectivity index (χ1v) is 4.96. The van der Waals surface area contributed by atoms with Crippen molar-refractivity contribution in [2.45, 2.75) is 19.4 Å². The van der Waals surface area contributed by atoms with Gasteiger partial charge in [-0.2, -0.15) is 9.97 Å². The molecule has 0 saturated heterocycles. The van der Waals surface area contributed by atoms with Gasteiger partial charge in [-0.05, 0) is 12.3 Å². The van der Waals surface area contributed by atoms with Crippen LogP contribution in [0.5, 0.6) is 11.8 Å².